The van der Waals surface area contributed by atoms with Gasteiger partial charge >= 0.3 is 0 Å². The number of rotatable bonds is 7. The molecular formula is C17H16N6O2S. The van der Waals surface area contributed by atoms with Crippen LogP contribution in [0.4, 0.5) is 0 Å². The van der Waals surface area contributed by atoms with Gasteiger partial charge in [-0.05, 0) is 36.4 Å². The summed E-state index contributed by atoms with van der Waals surface area (Å²) < 4.78 is 6.72. The Bertz CT molecular complexity index is 948. The van der Waals surface area contributed by atoms with Crippen LogP contribution in [0.1, 0.15) is 16.2 Å². The third-order valence-electron chi connectivity index (χ3n) is 3.57. The number of benzene rings is 1. The first kappa shape index (κ1) is 17.7. The van der Waals surface area contributed by atoms with Gasteiger partial charge in [-0.3, -0.25) is 4.79 Å². The fraction of sp³-hybridized carbons (Fsp3) is 0.235. The molecule has 0 bridgehead atoms. The minimum Gasteiger partial charge on any atom is -0.497 e. The Morgan fingerprint density at radius 3 is 2.81 bits per heavy atom. The highest BCUT2D eigenvalue weighted by molar-refractivity contribution is 7.99. The lowest BCUT2D eigenvalue weighted by Crippen LogP contribution is -2.26. The molecule has 2 heterocycles. The SMILES string of the molecule is COc1ccc(C(=O)NCCc2nnc3ccc(SCC#N)nn23)cc1. The predicted molar refractivity (Wildman–Crippen MR) is 96.2 cm³/mol. The van der Waals surface area contributed by atoms with Crippen molar-refractivity contribution in [1.29, 1.82) is 5.26 Å². The number of aromatic nitrogens is 4. The summed E-state index contributed by atoms with van der Waals surface area (Å²) >= 11 is 1.35. The first-order valence-electron chi connectivity index (χ1n) is 7.84. The Kier molecular flexibility index (Phi) is 5.66. The Hall–Kier alpha value is -3.12. The number of ether oxygens (including phenoxy) is 1. The minimum atomic E-state index is -0.167. The van der Waals surface area contributed by atoms with Crippen molar-refractivity contribution in [3.05, 3.63) is 47.8 Å². The first-order valence-corrected chi connectivity index (χ1v) is 8.83. The molecule has 0 spiro atoms. The van der Waals surface area contributed by atoms with E-state index >= 15 is 0 Å². The van der Waals surface area contributed by atoms with Crippen molar-refractivity contribution in [2.45, 2.75) is 11.4 Å². The fourth-order valence-electron chi connectivity index (χ4n) is 2.29. The van der Waals surface area contributed by atoms with E-state index in [4.69, 9.17) is 10.00 Å². The molecule has 0 saturated carbocycles. The van der Waals surface area contributed by atoms with Gasteiger partial charge in [-0.1, -0.05) is 11.8 Å². The second-order valence-electron chi connectivity index (χ2n) is 5.24. The summed E-state index contributed by atoms with van der Waals surface area (Å²) in [4.78, 5) is 12.2. The molecule has 0 unspecified atom stereocenters. The third-order valence-corrected chi connectivity index (χ3v) is 4.36. The van der Waals surface area contributed by atoms with Crippen LogP contribution in [0.2, 0.25) is 0 Å². The summed E-state index contributed by atoms with van der Waals surface area (Å²) in [5.74, 6) is 1.51. The molecular weight excluding hydrogens is 352 g/mol. The molecule has 132 valence electrons. The normalized spacial score (nSPS) is 10.5. The zero-order valence-electron chi connectivity index (χ0n) is 14.0. The van der Waals surface area contributed by atoms with Crippen LogP contribution >= 0.6 is 11.8 Å². The monoisotopic (exact) mass is 368 g/mol. The third kappa shape index (κ3) is 4.10. The van der Waals surface area contributed by atoms with Crippen LogP contribution in [0, 0.1) is 11.3 Å². The molecule has 26 heavy (non-hydrogen) atoms. The summed E-state index contributed by atoms with van der Waals surface area (Å²) in [5, 5.41) is 24.9. The quantitative estimate of drug-likeness (QED) is 0.633. The summed E-state index contributed by atoms with van der Waals surface area (Å²) in [7, 11) is 1.58. The van der Waals surface area contributed by atoms with Crippen molar-refractivity contribution in [3.63, 3.8) is 0 Å². The van der Waals surface area contributed by atoms with Crippen molar-refractivity contribution in [1.82, 2.24) is 25.1 Å². The van der Waals surface area contributed by atoms with Gasteiger partial charge in [0.25, 0.3) is 5.91 Å². The van der Waals surface area contributed by atoms with Crippen molar-refractivity contribution in [3.8, 4) is 11.8 Å². The Morgan fingerprint density at radius 1 is 1.27 bits per heavy atom. The number of hydrogen-bond donors (Lipinski definition) is 1. The van der Waals surface area contributed by atoms with E-state index in [1.807, 2.05) is 0 Å². The van der Waals surface area contributed by atoms with Crippen molar-refractivity contribution < 1.29 is 9.53 Å². The standard InChI is InChI=1S/C17H16N6O2S/c1-25-13-4-2-12(3-5-13)17(24)19-10-8-15-21-20-14-6-7-16(22-23(14)15)26-11-9-18/h2-7H,8,10-11H2,1H3,(H,19,24). The van der Waals surface area contributed by atoms with Gasteiger partial charge in [0, 0.05) is 18.5 Å². The molecule has 8 nitrogen and oxygen atoms in total. The molecule has 0 fully saturated rings. The number of carbonyl (C=O) groups is 1. The van der Waals surface area contributed by atoms with Crippen LogP contribution in [0.15, 0.2) is 41.4 Å². The van der Waals surface area contributed by atoms with Gasteiger partial charge < -0.3 is 10.1 Å². The molecule has 1 amide bonds. The van der Waals surface area contributed by atoms with Gasteiger partial charge in [0.05, 0.1) is 18.9 Å². The maximum absolute atomic E-state index is 12.2. The lowest BCUT2D eigenvalue weighted by molar-refractivity contribution is 0.0954. The Morgan fingerprint density at radius 2 is 2.08 bits per heavy atom. The predicted octanol–water partition coefficient (Wildman–Crippen LogP) is 1.72. The first-order chi connectivity index (χ1) is 12.7. The summed E-state index contributed by atoms with van der Waals surface area (Å²) in [6.07, 6.45) is 0.489. The number of hydrogen-bond acceptors (Lipinski definition) is 7. The van der Waals surface area contributed by atoms with Gasteiger partial charge in [0.1, 0.15) is 10.8 Å². The number of thioether (sulfide) groups is 1. The maximum atomic E-state index is 12.2. The minimum absolute atomic E-state index is 0.167. The number of carbonyl (C=O) groups excluding carboxylic acids is 1. The van der Waals surface area contributed by atoms with Crippen LogP contribution in [0.3, 0.4) is 0 Å². The Balaban J connectivity index is 1.62. The van der Waals surface area contributed by atoms with E-state index in [1.54, 1.807) is 48.0 Å². The van der Waals surface area contributed by atoms with Crippen molar-refractivity contribution in [2.24, 2.45) is 0 Å². The van der Waals surface area contributed by atoms with Crippen LogP contribution in [-0.2, 0) is 6.42 Å². The summed E-state index contributed by atoms with van der Waals surface area (Å²) in [6, 6.07) is 12.6. The zero-order chi connectivity index (χ0) is 18.4. The van der Waals surface area contributed by atoms with E-state index in [-0.39, 0.29) is 5.91 Å². The number of amides is 1. The lowest BCUT2D eigenvalue weighted by Gasteiger charge is -2.06. The van der Waals surface area contributed by atoms with Gasteiger partial charge in [-0.2, -0.15) is 14.9 Å². The van der Waals surface area contributed by atoms with Gasteiger partial charge in [-0.15, -0.1) is 10.2 Å². The number of nitrogens with one attached hydrogen (secondary N) is 1. The average Bonchev–Trinajstić information content (AvgIpc) is 3.08. The smallest absolute Gasteiger partial charge is 0.251 e. The number of fused-ring (bicyclic) bond motifs is 1. The van der Waals surface area contributed by atoms with E-state index in [1.165, 1.54) is 11.8 Å². The van der Waals surface area contributed by atoms with E-state index in [0.29, 0.717) is 41.5 Å². The topological polar surface area (TPSA) is 105 Å². The molecule has 3 rings (SSSR count). The Labute approximate surface area is 154 Å². The molecule has 9 heteroatoms. The van der Waals surface area contributed by atoms with Crippen LogP contribution in [0.25, 0.3) is 5.65 Å². The number of nitriles is 1. The average molecular weight is 368 g/mol. The van der Waals surface area contributed by atoms with Crippen molar-refractivity contribution >= 4 is 23.3 Å². The highest BCUT2D eigenvalue weighted by atomic mass is 32.2. The van der Waals surface area contributed by atoms with E-state index in [9.17, 15) is 4.79 Å². The molecule has 0 atom stereocenters. The molecule has 0 radical (unpaired) electrons. The van der Waals surface area contributed by atoms with Gasteiger partial charge in [0.2, 0.25) is 0 Å². The molecule has 3 aromatic rings. The summed E-state index contributed by atoms with van der Waals surface area (Å²) in [6.45, 7) is 0.406. The summed E-state index contributed by atoms with van der Waals surface area (Å²) in [5.41, 5.74) is 1.19. The molecule has 1 aromatic carbocycles. The second kappa shape index (κ2) is 8.31. The highest BCUT2D eigenvalue weighted by Crippen LogP contribution is 2.15. The highest BCUT2D eigenvalue weighted by Gasteiger charge is 2.10. The van der Waals surface area contributed by atoms with E-state index in [0.717, 1.165) is 5.03 Å². The lowest BCUT2D eigenvalue weighted by atomic mass is 10.2. The van der Waals surface area contributed by atoms with E-state index in [2.05, 4.69) is 26.7 Å². The molecule has 0 aliphatic rings. The van der Waals surface area contributed by atoms with Crippen LogP contribution in [0.5, 0.6) is 5.75 Å². The van der Waals surface area contributed by atoms with Gasteiger partial charge in [0.15, 0.2) is 11.5 Å². The largest absolute Gasteiger partial charge is 0.497 e. The second-order valence-corrected chi connectivity index (χ2v) is 6.23. The maximum Gasteiger partial charge on any atom is 0.251 e. The molecule has 2 aromatic heterocycles. The number of methoxy groups -OCH3 is 1. The molecule has 0 saturated heterocycles. The molecule has 0 aliphatic heterocycles. The van der Waals surface area contributed by atoms with Crippen LogP contribution in [-0.4, -0.2) is 45.1 Å². The van der Waals surface area contributed by atoms with E-state index < -0.39 is 0 Å². The van der Waals surface area contributed by atoms with Crippen LogP contribution < -0.4 is 10.1 Å². The fourth-order valence-corrected chi connectivity index (χ4v) is 2.80. The molecule has 1 N–H and O–H groups in total. The number of nitrogens with zero attached hydrogens (tertiary/aromatic N) is 5. The molecule has 0 aliphatic carbocycles. The van der Waals surface area contributed by atoms with Crippen molar-refractivity contribution in [2.75, 3.05) is 19.4 Å². The van der Waals surface area contributed by atoms with Gasteiger partial charge in [-0.25, -0.2) is 0 Å². The zero-order valence-corrected chi connectivity index (χ0v) is 14.9.